The maximum absolute atomic E-state index is 12.4. The van der Waals surface area contributed by atoms with Crippen molar-refractivity contribution in [3.05, 3.63) is 90.5 Å². The maximum atomic E-state index is 12.4. The Morgan fingerprint density at radius 2 is 1.50 bits per heavy atom. The van der Waals surface area contributed by atoms with Crippen molar-refractivity contribution in [1.82, 2.24) is 5.32 Å². The Labute approximate surface area is 158 Å². The van der Waals surface area contributed by atoms with Gasteiger partial charge in [-0.15, -0.1) is 0 Å². The molecule has 0 bridgehead atoms. The number of rotatable bonds is 7. The summed E-state index contributed by atoms with van der Waals surface area (Å²) < 4.78 is 0. The average molecular weight is 362 g/mol. The third-order valence-electron chi connectivity index (χ3n) is 4.00. The monoisotopic (exact) mass is 362 g/mol. The Hall–Kier alpha value is -2.56. The number of hydrogen-bond donors (Lipinski definition) is 2. The van der Waals surface area contributed by atoms with Crippen molar-refractivity contribution in [3.8, 4) is 0 Å². The molecule has 0 heterocycles. The average Bonchev–Trinajstić information content (AvgIpc) is 2.69. The van der Waals surface area contributed by atoms with Crippen LogP contribution in [0, 0.1) is 0 Å². The van der Waals surface area contributed by atoms with Crippen LogP contribution < -0.4 is 10.6 Å². The molecule has 0 radical (unpaired) electrons. The third-order valence-corrected chi connectivity index (χ3v) is 5.08. The summed E-state index contributed by atoms with van der Waals surface area (Å²) in [6.45, 7) is 2.32. The van der Waals surface area contributed by atoms with Crippen LogP contribution in [-0.2, 0) is 4.79 Å². The first kappa shape index (κ1) is 18.2. The Kier molecular flexibility index (Phi) is 6.47. The van der Waals surface area contributed by atoms with E-state index in [4.69, 9.17) is 0 Å². The fourth-order valence-corrected chi connectivity index (χ4v) is 3.50. The predicted molar refractivity (Wildman–Crippen MR) is 108 cm³/mol. The van der Waals surface area contributed by atoms with Crippen LogP contribution in [-0.4, -0.2) is 12.5 Å². The van der Waals surface area contributed by atoms with E-state index in [2.05, 4.69) is 41.8 Å². The Morgan fingerprint density at radius 3 is 2.23 bits per heavy atom. The van der Waals surface area contributed by atoms with Gasteiger partial charge in [-0.05, 0) is 36.8 Å². The summed E-state index contributed by atoms with van der Waals surface area (Å²) in [5.74, 6) is -0.0473. The molecule has 0 aliphatic carbocycles. The number of carbonyl (C=O) groups excluding carboxylic acids is 1. The lowest BCUT2D eigenvalue weighted by molar-refractivity contribution is -0.115. The smallest absolute Gasteiger partial charge is 0.238 e. The van der Waals surface area contributed by atoms with Crippen molar-refractivity contribution < 1.29 is 4.79 Å². The number of carbonyl (C=O) groups is 1. The molecule has 132 valence electrons. The molecule has 2 N–H and O–H groups in total. The van der Waals surface area contributed by atoms with Crippen LogP contribution in [0.5, 0.6) is 0 Å². The Bertz CT molecular complexity index is 837. The van der Waals surface area contributed by atoms with Gasteiger partial charge in [0.2, 0.25) is 5.91 Å². The minimum absolute atomic E-state index is 0.0473. The highest BCUT2D eigenvalue weighted by atomic mass is 32.2. The quantitative estimate of drug-likeness (QED) is 0.612. The van der Waals surface area contributed by atoms with E-state index in [1.807, 2.05) is 60.7 Å². The zero-order chi connectivity index (χ0) is 18.2. The van der Waals surface area contributed by atoms with E-state index in [0.29, 0.717) is 0 Å². The number of anilines is 1. The number of amides is 1. The van der Waals surface area contributed by atoms with Crippen LogP contribution in [0.4, 0.5) is 5.69 Å². The minimum Gasteiger partial charge on any atom is -0.324 e. The molecule has 0 saturated carbocycles. The number of benzene rings is 3. The molecule has 1 atom stereocenters. The first-order valence-electron chi connectivity index (χ1n) is 8.62. The molecule has 0 spiro atoms. The van der Waals surface area contributed by atoms with E-state index >= 15 is 0 Å². The van der Waals surface area contributed by atoms with Crippen molar-refractivity contribution in [2.45, 2.75) is 22.8 Å². The molecule has 3 nitrogen and oxygen atoms in total. The lowest BCUT2D eigenvalue weighted by Gasteiger charge is -2.15. The molecule has 0 aliphatic rings. The Balaban J connectivity index is 1.59. The van der Waals surface area contributed by atoms with Gasteiger partial charge in [-0.25, -0.2) is 0 Å². The first-order valence-corrected chi connectivity index (χ1v) is 9.44. The van der Waals surface area contributed by atoms with Gasteiger partial charge in [0.25, 0.3) is 0 Å². The number of para-hydroxylation sites is 1. The van der Waals surface area contributed by atoms with Gasteiger partial charge in [-0.1, -0.05) is 72.4 Å². The van der Waals surface area contributed by atoms with Gasteiger partial charge >= 0.3 is 0 Å². The second-order valence-corrected chi connectivity index (χ2v) is 7.09. The summed E-state index contributed by atoms with van der Waals surface area (Å²) in [5, 5.41) is 6.28. The van der Waals surface area contributed by atoms with Crippen molar-refractivity contribution in [2.24, 2.45) is 0 Å². The van der Waals surface area contributed by atoms with Gasteiger partial charge in [0.05, 0.1) is 12.2 Å². The van der Waals surface area contributed by atoms with Gasteiger partial charge in [0, 0.05) is 15.8 Å². The second-order valence-electron chi connectivity index (χ2n) is 5.97. The van der Waals surface area contributed by atoms with E-state index in [1.54, 1.807) is 11.8 Å². The molecule has 0 aliphatic heterocycles. The van der Waals surface area contributed by atoms with Crippen LogP contribution in [0.15, 0.2) is 94.7 Å². The highest BCUT2D eigenvalue weighted by Crippen LogP contribution is 2.33. The molecule has 0 aromatic heterocycles. The SMILES string of the molecule is C[C@H](NCC(=O)Nc1ccccc1Sc1ccccc1)c1ccccc1. The molecular weight excluding hydrogens is 340 g/mol. The first-order chi connectivity index (χ1) is 12.7. The molecule has 1 amide bonds. The largest absolute Gasteiger partial charge is 0.324 e. The lowest BCUT2D eigenvalue weighted by atomic mass is 10.1. The van der Waals surface area contributed by atoms with Crippen molar-refractivity contribution in [3.63, 3.8) is 0 Å². The van der Waals surface area contributed by atoms with Crippen molar-refractivity contribution in [1.29, 1.82) is 0 Å². The van der Waals surface area contributed by atoms with Crippen LogP contribution in [0.1, 0.15) is 18.5 Å². The zero-order valence-corrected chi connectivity index (χ0v) is 15.5. The van der Waals surface area contributed by atoms with Crippen LogP contribution in [0.2, 0.25) is 0 Å². The van der Waals surface area contributed by atoms with Crippen molar-refractivity contribution in [2.75, 3.05) is 11.9 Å². The maximum Gasteiger partial charge on any atom is 0.238 e. The number of hydrogen-bond acceptors (Lipinski definition) is 3. The summed E-state index contributed by atoms with van der Waals surface area (Å²) in [5.41, 5.74) is 2.00. The van der Waals surface area contributed by atoms with Gasteiger partial charge in [0.15, 0.2) is 0 Å². The highest BCUT2D eigenvalue weighted by Gasteiger charge is 2.10. The van der Waals surface area contributed by atoms with E-state index in [-0.39, 0.29) is 18.5 Å². The lowest BCUT2D eigenvalue weighted by Crippen LogP contribution is -2.30. The van der Waals surface area contributed by atoms with Crippen LogP contribution >= 0.6 is 11.8 Å². The van der Waals surface area contributed by atoms with Crippen LogP contribution in [0.25, 0.3) is 0 Å². The Morgan fingerprint density at radius 1 is 0.885 bits per heavy atom. The summed E-state index contributed by atoms with van der Waals surface area (Å²) >= 11 is 1.64. The normalized spacial score (nSPS) is 11.7. The molecule has 3 aromatic rings. The van der Waals surface area contributed by atoms with E-state index in [1.165, 1.54) is 5.56 Å². The minimum atomic E-state index is -0.0473. The summed E-state index contributed by atoms with van der Waals surface area (Å²) in [6.07, 6.45) is 0. The van der Waals surface area contributed by atoms with Crippen LogP contribution in [0.3, 0.4) is 0 Å². The molecule has 0 unspecified atom stereocenters. The van der Waals surface area contributed by atoms with Gasteiger partial charge in [0.1, 0.15) is 0 Å². The topological polar surface area (TPSA) is 41.1 Å². The standard InChI is InChI=1S/C22H22N2OS/c1-17(18-10-4-2-5-11-18)23-16-22(25)24-20-14-8-9-15-21(20)26-19-12-6-3-7-13-19/h2-15,17,23H,16H2,1H3,(H,24,25)/t17-/m0/s1. The van der Waals surface area contributed by atoms with Crippen molar-refractivity contribution >= 4 is 23.4 Å². The predicted octanol–water partition coefficient (Wildman–Crippen LogP) is 5.13. The van der Waals surface area contributed by atoms with Gasteiger partial charge < -0.3 is 10.6 Å². The fourth-order valence-electron chi connectivity index (χ4n) is 2.57. The molecule has 3 rings (SSSR count). The molecule has 26 heavy (non-hydrogen) atoms. The summed E-state index contributed by atoms with van der Waals surface area (Å²) in [4.78, 5) is 14.5. The molecule has 3 aromatic carbocycles. The summed E-state index contributed by atoms with van der Waals surface area (Å²) in [6, 6.07) is 28.3. The summed E-state index contributed by atoms with van der Waals surface area (Å²) in [7, 11) is 0. The fraction of sp³-hybridized carbons (Fsp3) is 0.136. The molecular formula is C22H22N2OS. The molecule has 4 heteroatoms. The van der Waals surface area contributed by atoms with Gasteiger partial charge in [-0.3, -0.25) is 4.79 Å². The second kappa shape index (κ2) is 9.22. The number of nitrogens with one attached hydrogen (secondary N) is 2. The van der Waals surface area contributed by atoms with Gasteiger partial charge in [-0.2, -0.15) is 0 Å². The molecule has 0 fully saturated rings. The molecule has 0 saturated heterocycles. The zero-order valence-electron chi connectivity index (χ0n) is 14.7. The highest BCUT2D eigenvalue weighted by molar-refractivity contribution is 7.99. The van der Waals surface area contributed by atoms with E-state index < -0.39 is 0 Å². The van der Waals surface area contributed by atoms with E-state index in [9.17, 15) is 4.79 Å². The third kappa shape index (κ3) is 5.22. The van der Waals surface area contributed by atoms with E-state index in [0.717, 1.165) is 15.5 Å².